The molecule has 19 heavy (non-hydrogen) atoms. The molecule has 1 atom stereocenters. The van der Waals surface area contributed by atoms with Crippen molar-refractivity contribution in [2.24, 2.45) is 5.73 Å². The second kappa shape index (κ2) is 5.32. The molecule has 2 N–H and O–H groups in total. The second-order valence-electron chi connectivity index (χ2n) is 4.42. The van der Waals surface area contributed by atoms with Crippen LogP contribution in [0.4, 0.5) is 0 Å². The number of hydrogen-bond donors (Lipinski definition) is 1. The number of benzene rings is 1. The molecule has 0 saturated carbocycles. The zero-order chi connectivity index (χ0) is 14.0. The number of rotatable bonds is 4. The Bertz CT molecular complexity index is 576. The summed E-state index contributed by atoms with van der Waals surface area (Å²) < 4.78 is 12.4. The molecule has 0 aliphatic rings. The Morgan fingerprint density at radius 2 is 2.00 bits per heavy atom. The molecule has 1 unspecified atom stereocenters. The lowest BCUT2D eigenvalue weighted by Crippen LogP contribution is -2.07. The van der Waals surface area contributed by atoms with E-state index in [-0.39, 0.29) is 6.04 Å². The lowest BCUT2D eigenvalue weighted by molar-refractivity contribution is 0.392. The van der Waals surface area contributed by atoms with Crippen molar-refractivity contribution >= 4 is 0 Å². The third-order valence-electron chi connectivity index (χ3n) is 3.15. The van der Waals surface area contributed by atoms with Crippen LogP contribution in [0.15, 0.2) is 24.4 Å². The first kappa shape index (κ1) is 13.4. The maximum atomic E-state index is 5.92. The van der Waals surface area contributed by atoms with Crippen LogP contribution < -0.4 is 15.2 Å². The molecule has 0 spiro atoms. The van der Waals surface area contributed by atoms with E-state index >= 15 is 0 Å². The summed E-state index contributed by atoms with van der Waals surface area (Å²) in [5.41, 5.74) is 8.82. The maximum absolute atomic E-state index is 5.92. The van der Waals surface area contributed by atoms with Crippen LogP contribution in [0.2, 0.25) is 0 Å². The third kappa shape index (κ3) is 2.42. The van der Waals surface area contributed by atoms with Crippen LogP contribution in [-0.2, 0) is 0 Å². The van der Waals surface area contributed by atoms with Gasteiger partial charge in [-0.3, -0.25) is 0 Å². The summed E-state index contributed by atoms with van der Waals surface area (Å²) in [6, 6.07) is 5.59. The molecule has 1 heterocycles. The van der Waals surface area contributed by atoms with Crippen molar-refractivity contribution < 1.29 is 9.47 Å². The van der Waals surface area contributed by atoms with Gasteiger partial charge in [-0.2, -0.15) is 5.10 Å². The number of nitrogens with zero attached hydrogens (tertiary/aromatic N) is 2. The molecule has 0 saturated heterocycles. The molecule has 0 aliphatic heterocycles. The third-order valence-corrected chi connectivity index (χ3v) is 3.15. The van der Waals surface area contributed by atoms with Crippen LogP contribution in [0.3, 0.4) is 0 Å². The number of hydrogen-bond acceptors (Lipinski definition) is 4. The summed E-state index contributed by atoms with van der Waals surface area (Å²) >= 11 is 0. The smallest absolute Gasteiger partial charge is 0.148 e. The first-order chi connectivity index (χ1) is 9.08. The number of methoxy groups -OCH3 is 2. The van der Waals surface area contributed by atoms with Crippen LogP contribution in [0.5, 0.6) is 11.5 Å². The highest BCUT2D eigenvalue weighted by molar-refractivity contribution is 5.51. The van der Waals surface area contributed by atoms with Crippen molar-refractivity contribution in [3.8, 4) is 17.2 Å². The van der Waals surface area contributed by atoms with Gasteiger partial charge in [-0.25, -0.2) is 4.68 Å². The van der Waals surface area contributed by atoms with Gasteiger partial charge in [0, 0.05) is 23.4 Å². The van der Waals surface area contributed by atoms with E-state index in [4.69, 9.17) is 15.2 Å². The Balaban J connectivity index is 2.52. The number of aromatic nitrogens is 2. The lowest BCUT2D eigenvalue weighted by atomic mass is 10.1. The number of nitrogens with two attached hydrogens (primary N) is 1. The number of ether oxygens (including phenoxy) is 2. The van der Waals surface area contributed by atoms with Gasteiger partial charge in [0.1, 0.15) is 17.2 Å². The van der Waals surface area contributed by atoms with E-state index in [1.807, 2.05) is 36.7 Å². The van der Waals surface area contributed by atoms with Crippen LogP contribution in [0, 0.1) is 6.92 Å². The van der Waals surface area contributed by atoms with Crippen molar-refractivity contribution in [3.05, 3.63) is 35.7 Å². The van der Waals surface area contributed by atoms with E-state index in [1.165, 1.54) is 0 Å². The summed E-state index contributed by atoms with van der Waals surface area (Å²) in [6.45, 7) is 3.94. The van der Waals surface area contributed by atoms with Gasteiger partial charge >= 0.3 is 0 Å². The van der Waals surface area contributed by atoms with E-state index in [1.54, 1.807) is 20.4 Å². The Labute approximate surface area is 112 Å². The summed E-state index contributed by atoms with van der Waals surface area (Å²) in [4.78, 5) is 0. The molecule has 0 aliphatic carbocycles. The first-order valence-corrected chi connectivity index (χ1v) is 6.11. The van der Waals surface area contributed by atoms with Gasteiger partial charge in [-0.05, 0) is 26.0 Å². The fourth-order valence-corrected chi connectivity index (χ4v) is 2.07. The molecular formula is C14H19N3O2. The van der Waals surface area contributed by atoms with Crippen molar-refractivity contribution in [1.29, 1.82) is 0 Å². The minimum Gasteiger partial charge on any atom is -0.497 e. The molecule has 1 aromatic heterocycles. The average molecular weight is 261 g/mol. The summed E-state index contributed by atoms with van der Waals surface area (Å²) in [5, 5.41) is 4.39. The topological polar surface area (TPSA) is 62.3 Å². The highest BCUT2D eigenvalue weighted by Crippen LogP contribution is 2.29. The van der Waals surface area contributed by atoms with Gasteiger partial charge in [0.05, 0.1) is 20.4 Å². The quantitative estimate of drug-likeness (QED) is 0.916. The highest BCUT2D eigenvalue weighted by atomic mass is 16.5. The van der Waals surface area contributed by atoms with E-state index in [2.05, 4.69) is 5.10 Å². The second-order valence-corrected chi connectivity index (χ2v) is 4.42. The van der Waals surface area contributed by atoms with Crippen LogP contribution in [-0.4, -0.2) is 24.0 Å². The van der Waals surface area contributed by atoms with Crippen molar-refractivity contribution in [3.63, 3.8) is 0 Å². The Morgan fingerprint density at radius 3 is 2.53 bits per heavy atom. The highest BCUT2D eigenvalue weighted by Gasteiger charge is 2.14. The Morgan fingerprint density at radius 1 is 1.26 bits per heavy atom. The Hall–Kier alpha value is -2.01. The minimum atomic E-state index is -0.0435. The maximum Gasteiger partial charge on any atom is 0.148 e. The molecule has 5 heteroatoms. The molecule has 102 valence electrons. The Kier molecular flexibility index (Phi) is 3.76. The van der Waals surface area contributed by atoms with E-state index in [0.717, 1.165) is 22.7 Å². The molecule has 0 bridgehead atoms. The fourth-order valence-electron chi connectivity index (χ4n) is 2.07. The largest absolute Gasteiger partial charge is 0.497 e. The summed E-state index contributed by atoms with van der Waals surface area (Å²) in [6.07, 6.45) is 1.80. The lowest BCUT2D eigenvalue weighted by Gasteiger charge is -2.12. The summed E-state index contributed by atoms with van der Waals surface area (Å²) in [7, 11) is 3.26. The van der Waals surface area contributed by atoms with Crippen LogP contribution >= 0.6 is 0 Å². The molecule has 0 amide bonds. The van der Waals surface area contributed by atoms with Crippen molar-refractivity contribution in [2.75, 3.05) is 14.2 Å². The van der Waals surface area contributed by atoms with Crippen LogP contribution in [0.25, 0.3) is 5.69 Å². The normalized spacial score (nSPS) is 12.3. The zero-order valence-corrected chi connectivity index (χ0v) is 11.7. The van der Waals surface area contributed by atoms with Gasteiger partial charge in [-0.15, -0.1) is 0 Å². The van der Waals surface area contributed by atoms with E-state index < -0.39 is 0 Å². The van der Waals surface area contributed by atoms with E-state index in [0.29, 0.717) is 5.75 Å². The van der Waals surface area contributed by atoms with Gasteiger partial charge in [-0.1, -0.05) is 0 Å². The summed E-state index contributed by atoms with van der Waals surface area (Å²) in [5.74, 6) is 1.46. The monoisotopic (exact) mass is 261 g/mol. The molecule has 0 radical (unpaired) electrons. The molecule has 0 fully saturated rings. The van der Waals surface area contributed by atoms with Gasteiger partial charge in [0.2, 0.25) is 0 Å². The predicted molar refractivity (Wildman–Crippen MR) is 74.0 cm³/mol. The predicted octanol–water partition coefficient (Wildman–Crippen LogP) is 2.22. The van der Waals surface area contributed by atoms with Crippen molar-refractivity contribution in [2.45, 2.75) is 19.9 Å². The van der Waals surface area contributed by atoms with Gasteiger partial charge in [0.25, 0.3) is 0 Å². The van der Waals surface area contributed by atoms with Gasteiger partial charge in [0.15, 0.2) is 0 Å². The molecule has 1 aromatic carbocycles. The molecule has 2 aromatic rings. The molecular weight excluding hydrogens is 242 g/mol. The van der Waals surface area contributed by atoms with E-state index in [9.17, 15) is 0 Å². The standard InChI is InChI=1S/C14H19N3O2/c1-9(15)12-8-16-17(10(12)2)13-6-5-11(18-3)7-14(13)19-4/h5-9H,15H2,1-4H3. The first-order valence-electron chi connectivity index (χ1n) is 6.11. The van der Waals surface area contributed by atoms with Crippen LogP contribution in [0.1, 0.15) is 24.2 Å². The molecule has 2 rings (SSSR count). The average Bonchev–Trinajstić information content (AvgIpc) is 2.79. The van der Waals surface area contributed by atoms with Gasteiger partial charge < -0.3 is 15.2 Å². The fraction of sp³-hybridized carbons (Fsp3) is 0.357. The minimum absolute atomic E-state index is 0.0435. The zero-order valence-electron chi connectivity index (χ0n) is 11.7. The van der Waals surface area contributed by atoms with Crippen molar-refractivity contribution in [1.82, 2.24) is 9.78 Å². The molecule has 5 nitrogen and oxygen atoms in total. The SMILES string of the molecule is COc1ccc(-n2ncc(C(C)N)c2C)c(OC)c1.